The van der Waals surface area contributed by atoms with Crippen molar-refractivity contribution in [3.63, 3.8) is 0 Å². The zero-order valence-corrected chi connectivity index (χ0v) is 10.1. The second kappa shape index (κ2) is 4.02. The third-order valence-electron chi connectivity index (χ3n) is 2.14. The molecule has 1 aromatic heterocycles. The molecule has 0 bridgehead atoms. The molecule has 0 saturated carbocycles. The van der Waals surface area contributed by atoms with Crippen LogP contribution in [-0.4, -0.2) is 18.6 Å². The standard InChI is InChI=1S/C10H9NO4S2/c11-17(14,15)9-5-4-8(16-9)6-2-1-3-7(12)10(6)13/h1-5,12-13H,(H2,11,14,15). The minimum atomic E-state index is -3.74. The van der Waals surface area contributed by atoms with Gasteiger partial charge in [0.25, 0.3) is 0 Å². The Hall–Kier alpha value is -1.57. The second-order valence-electron chi connectivity index (χ2n) is 3.34. The topological polar surface area (TPSA) is 101 Å². The van der Waals surface area contributed by atoms with Crippen molar-refractivity contribution >= 4 is 21.4 Å². The molecule has 0 saturated heterocycles. The zero-order chi connectivity index (χ0) is 12.6. The first-order chi connectivity index (χ1) is 7.89. The van der Waals surface area contributed by atoms with Gasteiger partial charge in [-0.3, -0.25) is 0 Å². The molecule has 90 valence electrons. The summed E-state index contributed by atoms with van der Waals surface area (Å²) in [7, 11) is -3.74. The van der Waals surface area contributed by atoms with Gasteiger partial charge in [-0.05, 0) is 24.3 Å². The molecular formula is C10H9NO4S2. The first kappa shape index (κ1) is 11.9. The minimum absolute atomic E-state index is 0.00948. The van der Waals surface area contributed by atoms with Crippen molar-refractivity contribution in [2.24, 2.45) is 5.14 Å². The quantitative estimate of drug-likeness (QED) is 0.720. The smallest absolute Gasteiger partial charge is 0.247 e. The molecule has 0 spiro atoms. The Balaban J connectivity index is 2.55. The van der Waals surface area contributed by atoms with Gasteiger partial charge in [0.1, 0.15) is 4.21 Å². The number of thiophene rings is 1. The number of primary sulfonamides is 1. The summed E-state index contributed by atoms with van der Waals surface area (Å²) >= 11 is 0.932. The minimum Gasteiger partial charge on any atom is -0.504 e. The number of phenolic OH excluding ortho intramolecular Hbond substituents is 2. The molecule has 17 heavy (non-hydrogen) atoms. The van der Waals surface area contributed by atoms with E-state index >= 15 is 0 Å². The predicted octanol–water partition coefficient (Wildman–Crippen LogP) is 1.47. The normalized spacial score (nSPS) is 11.6. The van der Waals surface area contributed by atoms with Gasteiger partial charge in [0, 0.05) is 10.4 Å². The molecule has 0 aliphatic carbocycles. The number of sulfonamides is 1. The lowest BCUT2D eigenvalue weighted by Crippen LogP contribution is -2.09. The molecule has 0 atom stereocenters. The van der Waals surface area contributed by atoms with Gasteiger partial charge in [0.15, 0.2) is 11.5 Å². The molecule has 1 heterocycles. The summed E-state index contributed by atoms with van der Waals surface area (Å²) < 4.78 is 22.2. The summed E-state index contributed by atoms with van der Waals surface area (Å²) in [6, 6.07) is 7.36. The Labute approximate surface area is 102 Å². The van der Waals surface area contributed by atoms with Crippen molar-refractivity contribution in [3.8, 4) is 21.9 Å². The first-order valence-corrected chi connectivity index (χ1v) is 6.90. The maximum absolute atomic E-state index is 11.1. The van der Waals surface area contributed by atoms with Crippen molar-refractivity contribution in [1.82, 2.24) is 0 Å². The summed E-state index contributed by atoms with van der Waals surface area (Å²) in [4.78, 5) is 0.516. The van der Waals surface area contributed by atoms with Crippen molar-refractivity contribution < 1.29 is 18.6 Å². The number of phenols is 2. The number of nitrogens with two attached hydrogens (primary N) is 1. The lowest BCUT2D eigenvalue weighted by atomic mass is 10.1. The fourth-order valence-electron chi connectivity index (χ4n) is 1.35. The van der Waals surface area contributed by atoms with E-state index in [4.69, 9.17) is 5.14 Å². The van der Waals surface area contributed by atoms with Gasteiger partial charge in [-0.25, -0.2) is 13.6 Å². The summed E-state index contributed by atoms with van der Waals surface area (Å²) in [6.45, 7) is 0. The fraction of sp³-hybridized carbons (Fsp3) is 0. The summed E-state index contributed by atoms with van der Waals surface area (Å²) in [6.07, 6.45) is 0. The molecule has 0 aliphatic rings. The molecule has 2 rings (SSSR count). The van der Waals surface area contributed by atoms with E-state index in [9.17, 15) is 18.6 Å². The van der Waals surface area contributed by atoms with Crippen LogP contribution in [0.15, 0.2) is 34.5 Å². The summed E-state index contributed by atoms with van der Waals surface area (Å²) in [5.41, 5.74) is 0.366. The van der Waals surface area contributed by atoms with Gasteiger partial charge < -0.3 is 10.2 Å². The highest BCUT2D eigenvalue weighted by Gasteiger charge is 2.15. The highest BCUT2D eigenvalue weighted by molar-refractivity contribution is 7.91. The Kier molecular flexibility index (Phi) is 2.82. The Morgan fingerprint density at radius 1 is 1.12 bits per heavy atom. The van der Waals surface area contributed by atoms with E-state index in [1.807, 2.05) is 0 Å². The van der Waals surface area contributed by atoms with Crippen LogP contribution in [0.1, 0.15) is 0 Å². The van der Waals surface area contributed by atoms with E-state index < -0.39 is 10.0 Å². The first-order valence-electron chi connectivity index (χ1n) is 4.53. The SMILES string of the molecule is NS(=O)(=O)c1ccc(-c2cccc(O)c2O)s1. The predicted molar refractivity (Wildman–Crippen MR) is 64.5 cm³/mol. The van der Waals surface area contributed by atoms with E-state index in [0.29, 0.717) is 10.4 Å². The average molecular weight is 271 g/mol. The van der Waals surface area contributed by atoms with Gasteiger partial charge in [0.2, 0.25) is 10.0 Å². The lowest BCUT2D eigenvalue weighted by molar-refractivity contribution is 0.405. The van der Waals surface area contributed by atoms with Crippen LogP contribution in [0, 0.1) is 0 Å². The average Bonchev–Trinajstić information content (AvgIpc) is 2.70. The van der Waals surface area contributed by atoms with E-state index in [1.165, 1.54) is 18.2 Å². The van der Waals surface area contributed by atoms with Gasteiger partial charge in [-0.2, -0.15) is 0 Å². The number of benzene rings is 1. The van der Waals surface area contributed by atoms with Crippen LogP contribution in [0.4, 0.5) is 0 Å². The van der Waals surface area contributed by atoms with Crippen molar-refractivity contribution in [3.05, 3.63) is 30.3 Å². The summed E-state index contributed by atoms with van der Waals surface area (Å²) in [5, 5.41) is 24.0. The maximum Gasteiger partial charge on any atom is 0.247 e. The third kappa shape index (κ3) is 2.26. The molecule has 1 aromatic carbocycles. The number of aromatic hydroxyl groups is 2. The van der Waals surface area contributed by atoms with Crippen molar-refractivity contribution in [1.29, 1.82) is 0 Å². The number of hydrogen-bond acceptors (Lipinski definition) is 5. The molecule has 2 aromatic rings. The fourth-order valence-corrected chi connectivity index (χ4v) is 3.10. The van der Waals surface area contributed by atoms with Gasteiger partial charge in [0.05, 0.1) is 0 Å². The monoisotopic (exact) mass is 271 g/mol. The van der Waals surface area contributed by atoms with E-state index in [1.54, 1.807) is 12.1 Å². The lowest BCUT2D eigenvalue weighted by Gasteiger charge is -2.02. The molecule has 0 aliphatic heterocycles. The molecule has 0 unspecified atom stereocenters. The largest absolute Gasteiger partial charge is 0.504 e. The second-order valence-corrected chi connectivity index (χ2v) is 6.21. The van der Waals surface area contributed by atoms with E-state index in [-0.39, 0.29) is 15.7 Å². The molecule has 0 fully saturated rings. The number of hydrogen-bond donors (Lipinski definition) is 3. The summed E-state index contributed by atoms with van der Waals surface area (Å²) in [5.74, 6) is -0.539. The van der Waals surface area contributed by atoms with Crippen LogP contribution >= 0.6 is 11.3 Å². The molecule has 7 heteroatoms. The van der Waals surface area contributed by atoms with Crippen molar-refractivity contribution in [2.75, 3.05) is 0 Å². The van der Waals surface area contributed by atoms with Crippen LogP contribution in [0.2, 0.25) is 0 Å². The third-order valence-corrected chi connectivity index (χ3v) is 4.70. The van der Waals surface area contributed by atoms with Crippen LogP contribution in [0.3, 0.4) is 0 Å². The Bertz CT molecular complexity index is 661. The number of rotatable bonds is 2. The molecule has 4 N–H and O–H groups in total. The molecule has 0 amide bonds. The van der Waals surface area contributed by atoms with Crippen LogP contribution in [0.25, 0.3) is 10.4 Å². The van der Waals surface area contributed by atoms with E-state index in [2.05, 4.69) is 0 Å². The number of para-hydroxylation sites is 1. The van der Waals surface area contributed by atoms with Crippen molar-refractivity contribution in [2.45, 2.75) is 4.21 Å². The maximum atomic E-state index is 11.1. The van der Waals surface area contributed by atoms with Crippen LogP contribution < -0.4 is 5.14 Å². The van der Waals surface area contributed by atoms with E-state index in [0.717, 1.165) is 11.3 Å². The molecular weight excluding hydrogens is 262 g/mol. The van der Waals surface area contributed by atoms with Gasteiger partial charge in [-0.1, -0.05) is 6.07 Å². The van der Waals surface area contributed by atoms with Crippen LogP contribution in [0.5, 0.6) is 11.5 Å². The zero-order valence-electron chi connectivity index (χ0n) is 8.49. The Morgan fingerprint density at radius 2 is 1.82 bits per heavy atom. The van der Waals surface area contributed by atoms with Gasteiger partial charge in [-0.15, -0.1) is 11.3 Å². The highest BCUT2D eigenvalue weighted by atomic mass is 32.2. The van der Waals surface area contributed by atoms with Gasteiger partial charge >= 0.3 is 0 Å². The Morgan fingerprint density at radius 3 is 2.41 bits per heavy atom. The molecule has 5 nitrogen and oxygen atoms in total. The van der Waals surface area contributed by atoms with Crippen LogP contribution in [-0.2, 0) is 10.0 Å². The highest BCUT2D eigenvalue weighted by Crippen LogP contribution is 2.39. The molecule has 0 radical (unpaired) electrons.